The van der Waals surface area contributed by atoms with Crippen LogP contribution in [0.25, 0.3) is 11.0 Å². The van der Waals surface area contributed by atoms with E-state index in [2.05, 4.69) is 32.1 Å². The summed E-state index contributed by atoms with van der Waals surface area (Å²) in [5.41, 5.74) is 1.85. The molecule has 1 aliphatic rings. The van der Waals surface area contributed by atoms with Crippen molar-refractivity contribution >= 4 is 11.0 Å². The Morgan fingerprint density at radius 2 is 2.12 bits per heavy atom. The number of fused-ring (bicyclic) bond motifs is 1. The second kappa shape index (κ2) is 6.92. The molecule has 2 aromatic heterocycles. The smallest absolute Gasteiger partial charge is 0.262 e. The number of nitrogens with zero attached hydrogens (tertiary/aromatic N) is 4. The Balaban J connectivity index is 1.41. The van der Waals surface area contributed by atoms with Crippen LogP contribution in [0.4, 0.5) is 0 Å². The third-order valence-electron chi connectivity index (χ3n) is 5.08. The molecule has 0 spiro atoms. The summed E-state index contributed by atoms with van der Waals surface area (Å²) < 4.78 is 6.86. The van der Waals surface area contributed by atoms with Gasteiger partial charge in [-0.2, -0.15) is 5.10 Å². The molecule has 0 saturated carbocycles. The zero-order valence-corrected chi connectivity index (χ0v) is 15.1. The van der Waals surface area contributed by atoms with Gasteiger partial charge >= 0.3 is 0 Å². The van der Waals surface area contributed by atoms with Crippen LogP contribution in [0.15, 0.2) is 35.3 Å². The van der Waals surface area contributed by atoms with Gasteiger partial charge in [0, 0.05) is 13.6 Å². The number of rotatable bonds is 5. The lowest BCUT2D eigenvalue weighted by Crippen LogP contribution is -2.24. The first-order chi connectivity index (χ1) is 12.6. The normalized spacial score (nSPS) is 17.8. The molecule has 1 saturated heterocycles. The Labute approximate surface area is 151 Å². The Kier molecular flexibility index (Phi) is 4.46. The van der Waals surface area contributed by atoms with E-state index >= 15 is 0 Å². The van der Waals surface area contributed by atoms with Gasteiger partial charge in [0.15, 0.2) is 5.65 Å². The molecular formula is C19H23N5O2. The largest absolute Gasteiger partial charge is 0.497 e. The third kappa shape index (κ3) is 3.35. The van der Waals surface area contributed by atoms with Gasteiger partial charge in [-0.25, -0.2) is 4.98 Å². The minimum absolute atomic E-state index is 0.118. The molecule has 7 nitrogen and oxygen atoms in total. The van der Waals surface area contributed by atoms with Crippen LogP contribution in [0.2, 0.25) is 0 Å². The van der Waals surface area contributed by atoms with E-state index in [1.54, 1.807) is 25.0 Å². The molecule has 1 atom stereocenters. The highest BCUT2D eigenvalue weighted by Crippen LogP contribution is 2.23. The van der Waals surface area contributed by atoms with Gasteiger partial charge in [-0.05, 0) is 43.0 Å². The molecule has 136 valence electrons. The van der Waals surface area contributed by atoms with E-state index in [9.17, 15) is 4.79 Å². The molecule has 26 heavy (non-hydrogen) atoms. The number of aryl methyl sites for hydroxylation is 1. The van der Waals surface area contributed by atoms with Crippen LogP contribution < -0.4 is 10.3 Å². The standard InChI is InChI=1S/C19H23N5O2/c1-23-18-16(10-20-23)19(25)22-17(21-18)12-24-8-7-14(11-24)9-13-3-5-15(26-2)6-4-13/h3-6,10,14H,7-9,11-12H2,1-2H3,(H,21,22,25). The predicted molar refractivity (Wildman–Crippen MR) is 99.2 cm³/mol. The zero-order valence-electron chi connectivity index (χ0n) is 15.1. The molecule has 0 bridgehead atoms. The lowest BCUT2D eigenvalue weighted by molar-refractivity contribution is 0.308. The summed E-state index contributed by atoms with van der Waals surface area (Å²) in [6.07, 6.45) is 3.78. The lowest BCUT2D eigenvalue weighted by Gasteiger charge is -2.15. The van der Waals surface area contributed by atoms with Gasteiger partial charge in [0.1, 0.15) is 17.0 Å². The SMILES string of the molecule is COc1ccc(CC2CCN(Cc3nc4c(cnn4C)c(=O)[nH]3)C2)cc1. The molecule has 7 heteroatoms. The van der Waals surface area contributed by atoms with Crippen LogP contribution in [0.5, 0.6) is 5.75 Å². The Hall–Kier alpha value is -2.67. The fourth-order valence-electron chi connectivity index (χ4n) is 3.68. The molecule has 1 unspecified atom stereocenters. The van der Waals surface area contributed by atoms with Crippen molar-refractivity contribution in [2.75, 3.05) is 20.2 Å². The number of nitrogens with one attached hydrogen (secondary N) is 1. The topological polar surface area (TPSA) is 76.0 Å². The van der Waals surface area contributed by atoms with Crippen LogP contribution >= 0.6 is 0 Å². The summed E-state index contributed by atoms with van der Waals surface area (Å²) in [5.74, 6) is 2.22. The first kappa shape index (κ1) is 16.8. The first-order valence-electron chi connectivity index (χ1n) is 8.88. The van der Waals surface area contributed by atoms with Crippen molar-refractivity contribution in [1.29, 1.82) is 0 Å². The van der Waals surface area contributed by atoms with Crippen LogP contribution in [-0.4, -0.2) is 44.8 Å². The van der Waals surface area contributed by atoms with Crippen LogP contribution in [0.1, 0.15) is 17.8 Å². The van der Waals surface area contributed by atoms with Gasteiger partial charge in [0.2, 0.25) is 0 Å². The number of hydrogen-bond acceptors (Lipinski definition) is 5. The molecular weight excluding hydrogens is 330 g/mol. The molecule has 0 radical (unpaired) electrons. The quantitative estimate of drug-likeness (QED) is 0.756. The van der Waals surface area contributed by atoms with Crippen LogP contribution in [0.3, 0.4) is 0 Å². The summed E-state index contributed by atoms with van der Waals surface area (Å²) in [4.78, 5) is 22.0. The molecule has 0 amide bonds. The van der Waals surface area contributed by atoms with E-state index in [0.29, 0.717) is 29.3 Å². The maximum Gasteiger partial charge on any atom is 0.262 e. The van der Waals surface area contributed by atoms with Gasteiger partial charge in [0.25, 0.3) is 5.56 Å². The fourth-order valence-corrected chi connectivity index (χ4v) is 3.68. The summed E-state index contributed by atoms with van der Waals surface area (Å²) >= 11 is 0. The number of methoxy groups -OCH3 is 1. The summed E-state index contributed by atoms with van der Waals surface area (Å²) in [6.45, 7) is 2.70. The second-order valence-corrected chi connectivity index (χ2v) is 6.96. The fraction of sp³-hybridized carbons (Fsp3) is 0.421. The van der Waals surface area contributed by atoms with Gasteiger partial charge in [-0.3, -0.25) is 14.4 Å². The van der Waals surface area contributed by atoms with Gasteiger partial charge in [-0.15, -0.1) is 0 Å². The minimum atomic E-state index is -0.118. The number of aromatic amines is 1. The van der Waals surface area contributed by atoms with E-state index in [4.69, 9.17) is 4.74 Å². The highest BCUT2D eigenvalue weighted by molar-refractivity contribution is 5.72. The maximum atomic E-state index is 12.2. The predicted octanol–water partition coefficient (Wildman–Crippen LogP) is 1.73. The lowest BCUT2D eigenvalue weighted by atomic mass is 9.99. The van der Waals surface area contributed by atoms with Crippen molar-refractivity contribution < 1.29 is 4.74 Å². The van der Waals surface area contributed by atoms with Crippen LogP contribution in [-0.2, 0) is 20.0 Å². The first-order valence-corrected chi connectivity index (χ1v) is 8.88. The molecule has 1 fully saturated rings. The number of ether oxygens (including phenoxy) is 1. The molecule has 3 heterocycles. The van der Waals surface area contributed by atoms with Crippen molar-refractivity contribution in [3.8, 4) is 5.75 Å². The number of H-pyrrole nitrogens is 1. The van der Waals surface area contributed by atoms with Gasteiger partial charge in [0.05, 0.1) is 19.9 Å². The molecule has 3 aromatic rings. The van der Waals surface area contributed by atoms with Crippen molar-refractivity contribution in [1.82, 2.24) is 24.6 Å². The Morgan fingerprint density at radius 3 is 2.88 bits per heavy atom. The monoisotopic (exact) mass is 353 g/mol. The van der Waals surface area contributed by atoms with Crippen molar-refractivity contribution in [3.63, 3.8) is 0 Å². The maximum absolute atomic E-state index is 12.2. The van der Waals surface area contributed by atoms with Gasteiger partial charge in [-0.1, -0.05) is 12.1 Å². The molecule has 0 aliphatic carbocycles. The van der Waals surface area contributed by atoms with E-state index in [1.807, 2.05) is 12.1 Å². The van der Waals surface area contributed by atoms with E-state index < -0.39 is 0 Å². The summed E-state index contributed by atoms with van der Waals surface area (Å²) in [7, 11) is 3.49. The molecule has 1 aliphatic heterocycles. The molecule has 1 aromatic carbocycles. The number of aromatic nitrogens is 4. The number of hydrogen-bond donors (Lipinski definition) is 1. The van der Waals surface area contributed by atoms with E-state index in [-0.39, 0.29) is 5.56 Å². The Bertz CT molecular complexity index is 960. The summed E-state index contributed by atoms with van der Waals surface area (Å²) in [5, 5.41) is 4.65. The van der Waals surface area contributed by atoms with Gasteiger partial charge < -0.3 is 9.72 Å². The second-order valence-electron chi connectivity index (χ2n) is 6.96. The zero-order chi connectivity index (χ0) is 18.1. The number of benzene rings is 1. The van der Waals surface area contributed by atoms with Crippen LogP contribution in [0, 0.1) is 5.92 Å². The molecule has 4 rings (SSSR count). The third-order valence-corrected chi connectivity index (χ3v) is 5.08. The Morgan fingerprint density at radius 1 is 1.31 bits per heavy atom. The van der Waals surface area contributed by atoms with Crippen molar-refractivity contribution in [3.05, 3.63) is 52.2 Å². The molecule has 1 N–H and O–H groups in total. The number of likely N-dealkylation sites (tertiary alicyclic amines) is 1. The van der Waals surface area contributed by atoms with Crippen molar-refractivity contribution in [2.24, 2.45) is 13.0 Å². The highest BCUT2D eigenvalue weighted by atomic mass is 16.5. The summed E-state index contributed by atoms with van der Waals surface area (Å²) in [6, 6.07) is 8.30. The average molecular weight is 353 g/mol. The van der Waals surface area contributed by atoms with Crippen molar-refractivity contribution in [2.45, 2.75) is 19.4 Å². The highest BCUT2D eigenvalue weighted by Gasteiger charge is 2.23. The van der Waals surface area contributed by atoms with E-state index in [1.165, 1.54) is 5.56 Å². The average Bonchev–Trinajstić information content (AvgIpc) is 3.23. The van der Waals surface area contributed by atoms with E-state index in [0.717, 1.165) is 31.7 Å². The minimum Gasteiger partial charge on any atom is -0.497 e.